The summed E-state index contributed by atoms with van der Waals surface area (Å²) in [4.78, 5) is 23.2. The van der Waals surface area contributed by atoms with E-state index >= 15 is 0 Å². The molecule has 0 radical (unpaired) electrons. The number of carbonyl (C=O) groups is 2. The Bertz CT molecular complexity index is 773. The topological polar surface area (TPSA) is 79.5 Å². The van der Waals surface area contributed by atoms with Gasteiger partial charge in [-0.25, -0.2) is 0 Å². The van der Waals surface area contributed by atoms with Crippen LogP contribution in [0.4, 0.5) is 0 Å². The number of benzene rings is 1. The van der Waals surface area contributed by atoms with E-state index in [2.05, 4.69) is 17.4 Å². The molecule has 0 spiro atoms. The van der Waals surface area contributed by atoms with Gasteiger partial charge in [0.25, 0.3) is 0 Å². The van der Waals surface area contributed by atoms with Gasteiger partial charge in [0.05, 0.1) is 18.1 Å². The van der Waals surface area contributed by atoms with E-state index in [0.717, 1.165) is 29.4 Å². The summed E-state index contributed by atoms with van der Waals surface area (Å²) in [6, 6.07) is 4.21. The number of carboxylic acid groups (broad SMARTS) is 1. The maximum Gasteiger partial charge on any atom is 0.310 e. The molecule has 0 atom stereocenters. The molecule has 3 rings (SSSR count). The van der Waals surface area contributed by atoms with E-state index < -0.39 is 11.4 Å². The van der Waals surface area contributed by atoms with Crippen LogP contribution in [-0.2, 0) is 28.9 Å². The van der Waals surface area contributed by atoms with Crippen molar-refractivity contribution in [1.82, 2.24) is 5.32 Å². The highest BCUT2D eigenvalue weighted by atomic mass is 16.4. The van der Waals surface area contributed by atoms with Crippen LogP contribution in [0.15, 0.2) is 22.8 Å². The van der Waals surface area contributed by atoms with Crippen molar-refractivity contribution in [2.24, 2.45) is 5.41 Å². The van der Waals surface area contributed by atoms with Crippen LogP contribution in [0.3, 0.4) is 0 Å². The quantitative estimate of drug-likeness (QED) is 0.889. The minimum absolute atomic E-state index is 0.104. The molecule has 0 bridgehead atoms. The van der Waals surface area contributed by atoms with Gasteiger partial charge < -0.3 is 14.8 Å². The van der Waals surface area contributed by atoms with Crippen LogP contribution in [-0.4, -0.2) is 23.5 Å². The zero-order valence-corrected chi connectivity index (χ0v) is 13.4. The lowest BCUT2D eigenvalue weighted by Crippen LogP contribution is -2.39. The van der Waals surface area contributed by atoms with Crippen molar-refractivity contribution in [2.75, 3.05) is 6.54 Å². The van der Waals surface area contributed by atoms with Crippen LogP contribution < -0.4 is 5.32 Å². The van der Waals surface area contributed by atoms with Gasteiger partial charge in [0.2, 0.25) is 5.91 Å². The summed E-state index contributed by atoms with van der Waals surface area (Å²) in [5.41, 5.74) is 3.37. The highest BCUT2D eigenvalue weighted by molar-refractivity contribution is 5.89. The number of amides is 1. The summed E-state index contributed by atoms with van der Waals surface area (Å²) in [6.07, 6.45) is 5.16. The molecule has 2 aromatic rings. The maximum absolute atomic E-state index is 12.1. The molecule has 1 heterocycles. The number of rotatable bonds is 5. The molecule has 0 fully saturated rings. The monoisotopic (exact) mass is 315 g/mol. The van der Waals surface area contributed by atoms with Gasteiger partial charge >= 0.3 is 5.97 Å². The van der Waals surface area contributed by atoms with Gasteiger partial charge in [-0.3, -0.25) is 9.59 Å². The fourth-order valence-corrected chi connectivity index (χ4v) is 2.92. The summed E-state index contributed by atoms with van der Waals surface area (Å²) in [5.74, 6) is -1.12. The zero-order chi connectivity index (χ0) is 16.6. The molecule has 0 aliphatic heterocycles. The first-order valence-corrected chi connectivity index (χ1v) is 7.89. The Balaban J connectivity index is 1.72. The average Bonchev–Trinajstić information content (AvgIpc) is 3.10. The third kappa shape index (κ3) is 3.09. The van der Waals surface area contributed by atoms with Crippen molar-refractivity contribution in [3.63, 3.8) is 0 Å². The van der Waals surface area contributed by atoms with E-state index in [1.165, 1.54) is 17.5 Å². The minimum Gasteiger partial charge on any atom is -0.481 e. The number of aliphatic carboxylic acids is 1. The SMILES string of the molecule is CC(C)(CNC(=O)Cc1coc2cc3c(cc12)CCC3)C(=O)O. The van der Waals surface area contributed by atoms with Crippen LogP contribution >= 0.6 is 0 Å². The summed E-state index contributed by atoms with van der Waals surface area (Å²) in [5, 5.41) is 12.8. The Morgan fingerprint density at radius 1 is 1.26 bits per heavy atom. The standard InChI is InChI=1S/C18H21NO4/c1-18(2,17(21)22)10-19-16(20)8-13-9-23-15-7-12-5-3-4-11(12)6-14(13)15/h6-7,9H,3-5,8,10H2,1-2H3,(H,19,20)(H,21,22). The van der Waals surface area contributed by atoms with Gasteiger partial charge in [-0.2, -0.15) is 0 Å². The van der Waals surface area contributed by atoms with Crippen molar-refractivity contribution < 1.29 is 19.1 Å². The first-order chi connectivity index (χ1) is 10.9. The Kier molecular flexibility index (Phi) is 3.88. The molecule has 0 saturated heterocycles. The highest BCUT2D eigenvalue weighted by Gasteiger charge is 2.27. The molecule has 5 nitrogen and oxygen atoms in total. The number of aryl methyl sites for hydroxylation is 2. The molecule has 2 N–H and O–H groups in total. The lowest BCUT2D eigenvalue weighted by molar-refractivity contribution is -0.146. The second-order valence-corrected chi connectivity index (χ2v) is 6.87. The van der Waals surface area contributed by atoms with E-state index in [0.29, 0.717) is 0 Å². The molecule has 5 heteroatoms. The molecule has 1 aromatic heterocycles. The number of fused-ring (bicyclic) bond motifs is 2. The van der Waals surface area contributed by atoms with E-state index in [1.54, 1.807) is 20.1 Å². The molecule has 0 unspecified atom stereocenters. The van der Waals surface area contributed by atoms with Gasteiger partial charge in [-0.05, 0) is 56.4 Å². The van der Waals surface area contributed by atoms with E-state index in [9.17, 15) is 9.59 Å². The van der Waals surface area contributed by atoms with Crippen LogP contribution in [0.1, 0.15) is 37.0 Å². The van der Waals surface area contributed by atoms with E-state index in [4.69, 9.17) is 9.52 Å². The summed E-state index contributed by atoms with van der Waals surface area (Å²) in [7, 11) is 0. The Morgan fingerprint density at radius 3 is 2.65 bits per heavy atom. The van der Waals surface area contributed by atoms with Gasteiger partial charge in [-0.15, -0.1) is 0 Å². The summed E-state index contributed by atoms with van der Waals surface area (Å²) < 4.78 is 5.58. The van der Waals surface area contributed by atoms with Crippen LogP contribution in [0, 0.1) is 5.41 Å². The molecule has 122 valence electrons. The Hall–Kier alpha value is -2.30. The molecule has 1 aromatic carbocycles. The van der Waals surface area contributed by atoms with Gasteiger partial charge in [0.1, 0.15) is 5.58 Å². The fraction of sp³-hybridized carbons (Fsp3) is 0.444. The first-order valence-electron chi connectivity index (χ1n) is 7.89. The van der Waals surface area contributed by atoms with Gasteiger partial charge in [0, 0.05) is 17.5 Å². The van der Waals surface area contributed by atoms with Crippen LogP contribution in [0.25, 0.3) is 11.0 Å². The lowest BCUT2D eigenvalue weighted by atomic mass is 9.94. The number of furan rings is 1. The predicted octanol–water partition coefficient (Wildman–Crippen LogP) is 2.69. The van der Waals surface area contributed by atoms with Crippen molar-refractivity contribution in [2.45, 2.75) is 39.5 Å². The Labute approximate surface area is 134 Å². The second-order valence-electron chi connectivity index (χ2n) is 6.87. The third-order valence-electron chi connectivity index (χ3n) is 4.53. The van der Waals surface area contributed by atoms with Crippen LogP contribution in [0.2, 0.25) is 0 Å². The van der Waals surface area contributed by atoms with E-state index in [-0.39, 0.29) is 18.9 Å². The number of carbonyl (C=O) groups excluding carboxylic acids is 1. The minimum atomic E-state index is -0.977. The normalized spacial score (nSPS) is 14.0. The fourth-order valence-electron chi connectivity index (χ4n) is 2.92. The number of nitrogens with one attached hydrogen (secondary N) is 1. The molecule has 1 aliphatic rings. The Morgan fingerprint density at radius 2 is 1.96 bits per heavy atom. The molecular formula is C18H21NO4. The maximum atomic E-state index is 12.1. The second kappa shape index (κ2) is 5.72. The summed E-state index contributed by atoms with van der Waals surface area (Å²) in [6.45, 7) is 3.28. The average molecular weight is 315 g/mol. The molecule has 1 amide bonds. The third-order valence-corrected chi connectivity index (χ3v) is 4.53. The number of carboxylic acids is 1. The lowest BCUT2D eigenvalue weighted by Gasteiger charge is -2.19. The van der Waals surface area contributed by atoms with Crippen molar-refractivity contribution in [3.05, 3.63) is 35.1 Å². The van der Waals surface area contributed by atoms with Crippen molar-refractivity contribution >= 4 is 22.8 Å². The smallest absolute Gasteiger partial charge is 0.310 e. The first kappa shape index (κ1) is 15.6. The molecular weight excluding hydrogens is 294 g/mol. The molecule has 1 aliphatic carbocycles. The highest BCUT2D eigenvalue weighted by Crippen LogP contribution is 2.30. The predicted molar refractivity (Wildman–Crippen MR) is 86.4 cm³/mol. The van der Waals surface area contributed by atoms with Crippen molar-refractivity contribution in [1.29, 1.82) is 0 Å². The van der Waals surface area contributed by atoms with E-state index in [1.807, 2.05) is 0 Å². The zero-order valence-electron chi connectivity index (χ0n) is 13.4. The van der Waals surface area contributed by atoms with Crippen molar-refractivity contribution in [3.8, 4) is 0 Å². The molecule has 23 heavy (non-hydrogen) atoms. The van der Waals surface area contributed by atoms with Gasteiger partial charge in [0.15, 0.2) is 0 Å². The number of hydrogen-bond donors (Lipinski definition) is 2. The van der Waals surface area contributed by atoms with Crippen LogP contribution in [0.5, 0.6) is 0 Å². The number of hydrogen-bond acceptors (Lipinski definition) is 3. The molecule has 0 saturated carbocycles. The van der Waals surface area contributed by atoms with Gasteiger partial charge in [-0.1, -0.05) is 0 Å². The summed E-state index contributed by atoms with van der Waals surface area (Å²) >= 11 is 0. The largest absolute Gasteiger partial charge is 0.481 e.